The number of carbonyl (C=O) groups is 2. The normalized spacial score (nSPS) is 12.0. The first-order chi connectivity index (χ1) is 36.8. The van der Waals surface area contributed by atoms with Gasteiger partial charge in [-0.25, -0.2) is 29.5 Å². The molecule has 1 fully saturated rings. The van der Waals surface area contributed by atoms with E-state index in [-0.39, 0.29) is 10.8 Å². The SMILES string of the molecule is C1CCOC1.CC(C)(C)c1cc(NC(=O)Oc2ccccc2)no1.CCN(CC)CC.Cc1ccc2ncn(-c3ccc(N)cc3)c2n1.Cc1ccc2ncn(-c3ccc(NC(=O)Nc4cc(C(C)(C)C)on4)cc3)c2n1. The fourth-order valence-electron chi connectivity index (χ4n) is 7.26. The maximum atomic E-state index is 12.2. The minimum absolute atomic E-state index is 0.156. The van der Waals surface area contributed by atoms with Crippen molar-refractivity contribution >= 4 is 57.5 Å². The molecule has 7 heterocycles. The number of hydrogen-bond donors (Lipinski definition) is 4. The number of imidazole rings is 2. The summed E-state index contributed by atoms with van der Waals surface area (Å²) in [7, 11) is 0. The van der Waals surface area contributed by atoms with E-state index in [9.17, 15) is 9.59 Å². The molecule has 1 aliphatic heterocycles. The summed E-state index contributed by atoms with van der Waals surface area (Å²) in [4.78, 5) is 44.0. The van der Waals surface area contributed by atoms with E-state index < -0.39 is 12.1 Å². The average molecular weight is 1050 g/mol. The number of pyridine rings is 2. The standard InChI is InChI=1S/C21H22N6O2.C14H16N2O3.C13H12N4.C6H15N.C4H8O/c1-13-5-10-16-19(23-13)27(12-22-16)15-8-6-14(7-9-15)24-20(28)25-18-11-17(29-26-18)21(2,3)4;1-14(2,3)11-9-12(16-19-11)15-13(17)18-10-7-5-4-6-8-10;1-9-2-7-12-13(16-9)17(8-15-12)11-5-3-10(14)4-6-11;1-4-7(5-2)6-3;1-2-4-5-3-1/h5-12H,1-4H3,(H2,24,25,26,28);4-9H,1-3H3,(H,15,16,17);2-8H,14H2,1H3;4-6H2,1-3H3;1-4H2. The largest absolute Gasteiger partial charge is 0.418 e. The van der Waals surface area contributed by atoms with E-state index in [1.165, 1.54) is 32.5 Å². The molecule has 0 radical (unpaired) electrons. The fourth-order valence-corrected chi connectivity index (χ4v) is 7.26. The molecule has 10 rings (SSSR count). The molecule has 6 aromatic heterocycles. The summed E-state index contributed by atoms with van der Waals surface area (Å²) in [6.45, 7) is 28.1. The van der Waals surface area contributed by atoms with Crippen molar-refractivity contribution in [3.8, 4) is 17.1 Å². The number of carbonyl (C=O) groups excluding carboxylic acids is 2. The summed E-state index contributed by atoms with van der Waals surface area (Å²) in [6, 6.07) is 34.8. The number of nitrogens with one attached hydrogen (secondary N) is 3. The van der Waals surface area contributed by atoms with E-state index in [0.29, 0.717) is 34.6 Å². The van der Waals surface area contributed by atoms with Crippen molar-refractivity contribution in [2.75, 3.05) is 54.5 Å². The highest BCUT2D eigenvalue weighted by atomic mass is 16.6. The van der Waals surface area contributed by atoms with Gasteiger partial charge in [0.05, 0.1) is 0 Å². The Kier molecular flexibility index (Phi) is 20.6. The number of anilines is 4. The van der Waals surface area contributed by atoms with Crippen LogP contribution in [0, 0.1) is 13.8 Å². The van der Waals surface area contributed by atoms with Gasteiger partial charge in [0, 0.05) is 70.3 Å². The van der Waals surface area contributed by atoms with Crippen molar-refractivity contribution < 1.29 is 28.1 Å². The minimum Gasteiger partial charge on any atom is -0.410 e. The van der Waals surface area contributed by atoms with Crippen LogP contribution in [-0.4, -0.2) is 89.3 Å². The third-order valence-electron chi connectivity index (χ3n) is 11.7. The van der Waals surface area contributed by atoms with Crippen LogP contribution < -0.4 is 26.4 Å². The lowest BCUT2D eigenvalue weighted by Gasteiger charge is -2.13. The number of ether oxygens (including phenoxy) is 2. The molecular weight excluding hydrogens is 975 g/mol. The molecule has 77 heavy (non-hydrogen) atoms. The van der Waals surface area contributed by atoms with Gasteiger partial charge in [-0.3, -0.25) is 19.8 Å². The molecule has 9 aromatic rings. The molecule has 3 amide bonds. The zero-order valence-corrected chi connectivity index (χ0v) is 46.1. The van der Waals surface area contributed by atoms with Crippen LogP contribution in [-0.2, 0) is 15.6 Å². The Morgan fingerprint density at radius 1 is 0.623 bits per heavy atom. The van der Waals surface area contributed by atoms with Crippen molar-refractivity contribution in [1.82, 2.24) is 44.3 Å². The Hall–Kier alpha value is -8.42. The molecule has 1 saturated heterocycles. The number of aromatic nitrogens is 8. The van der Waals surface area contributed by atoms with Crippen LogP contribution in [0.2, 0.25) is 0 Å². The van der Waals surface area contributed by atoms with Gasteiger partial charge < -0.3 is 34.5 Å². The van der Waals surface area contributed by atoms with E-state index in [1.54, 1.807) is 49.1 Å². The molecule has 0 saturated carbocycles. The van der Waals surface area contributed by atoms with Gasteiger partial charge in [-0.15, -0.1) is 0 Å². The number of hydrogen-bond acceptors (Lipinski definition) is 14. The van der Waals surface area contributed by atoms with Gasteiger partial charge in [-0.2, -0.15) is 0 Å². The van der Waals surface area contributed by atoms with Crippen molar-refractivity contribution in [3.05, 3.63) is 151 Å². The molecule has 0 atom stereocenters. The van der Waals surface area contributed by atoms with Gasteiger partial charge in [0.15, 0.2) is 22.9 Å². The van der Waals surface area contributed by atoms with E-state index in [1.807, 2.05) is 143 Å². The molecule has 0 bridgehead atoms. The Balaban J connectivity index is 0.000000174. The van der Waals surface area contributed by atoms with Crippen LogP contribution in [0.5, 0.6) is 5.75 Å². The second kappa shape index (κ2) is 27.4. The second-order valence-corrected chi connectivity index (χ2v) is 20.0. The van der Waals surface area contributed by atoms with Gasteiger partial charge in [-0.1, -0.05) is 90.8 Å². The van der Waals surface area contributed by atoms with Crippen molar-refractivity contribution in [1.29, 1.82) is 0 Å². The minimum atomic E-state index is -0.597. The molecule has 3 aromatic carbocycles. The molecule has 0 spiro atoms. The zero-order chi connectivity index (χ0) is 55.5. The number of benzene rings is 3. The summed E-state index contributed by atoms with van der Waals surface area (Å²) in [6.07, 6.45) is 5.48. The number of aryl methyl sites for hydroxylation is 2. The maximum absolute atomic E-state index is 12.2. The monoisotopic (exact) mass is 1050 g/mol. The smallest absolute Gasteiger partial charge is 0.410 e. The predicted molar refractivity (Wildman–Crippen MR) is 304 cm³/mol. The highest BCUT2D eigenvalue weighted by Crippen LogP contribution is 2.26. The molecule has 5 N–H and O–H groups in total. The number of urea groups is 1. The number of nitrogens with two attached hydrogens (primary N) is 1. The molecular formula is C58H73N13O6. The first-order valence-electron chi connectivity index (χ1n) is 25.8. The molecule has 406 valence electrons. The number of para-hydroxylation sites is 1. The van der Waals surface area contributed by atoms with E-state index in [0.717, 1.165) is 64.0 Å². The van der Waals surface area contributed by atoms with Crippen LogP contribution >= 0.6 is 0 Å². The third-order valence-corrected chi connectivity index (χ3v) is 11.7. The Morgan fingerprint density at radius 3 is 1.51 bits per heavy atom. The Labute approximate surface area is 450 Å². The summed E-state index contributed by atoms with van der Waals surface area (Å²) < 4.78 is 24.3. The lowest BCUT2D eigenvalue weighted by Crippen LogP contribution is -2.21. The van der Waals surface area contributed by atoms with Crippen LogP contribution in [0.3, 0.4) is 0 Å². The van der Waals surface area contributed by atoms with Gasteiger partial charge >= 0.3 is 12.1 Å². The van der Waals surface area contributed by atoms with Crippen molar-refractivity contribution in [3.63, 3.8) is 0 Å². The van der Waals surface area contributed by atoms with Gasteiger partial charge in [0.2, 0.25) is 0 Å². The lowest BCUT2D eigenvalue weighted by atomic mass is 9.93. The van der Waals surface area contributed by atoms with Crippen molar-refractivity contribution in [2.24, 2.45) is 0 Å². The quantitative estimate of drug-likeness (QED) is 0.0986. The number of amides is 3. The van der Waals surface area contributed by atoms with E-state index >= 15 is 0 Å². The Morgan fingerprint density at radius 2 is 1.09 bits per heavy atom. The molecule has 0 aliphatic carbocycles. The maximum Gasteiger partial charge on any atom is 0.418 e. The van der Waals surface area contributed by atoms with Crippen molar-refractivity contribution in [2.45, 2.75) is 99.8 Å². The summed E-state index contributed by atoms with van der Waals surface area (Å²) in [5.74, 6) is 2.58. The van der Waals surface area contributed by atoms with Gasteiger partial charge in [-0.05, 0) is 131 Å². The number of nitrogen functional groups attached to an aromatic ring is 1. The highest BCUT2D eigenvalue weighted by Gasteiger charge is 2.22. The second-order valence-electron chi connectivity index (χ2n) is 20.0. The van der Waals surface area contributed by atoms with Crippen LogP contribution in [0.4, 0.5) is 32.6 Å². The fraction of sp³-hybridized carbons (Fsp3) is 0.345. The van der Waals surface area contributed by atoms with E-state index in [4.69, 9.17) is 24.3 Å². The van der Waals surface area contributed by atoms with E-state index in [2.05, 4.69) is 71.9 Å². The first-order valence-corrected chi connectivity index (χ1v) is 25.8. The first kappa shape index (κ1) is 57.9. The zero-order valence-electron chi connectivity index (χ0n) is 46.1. The summed E-state index contributed by atoms with van der Waals surface area (Å²) in [5, 5.41) is 15.6. The van der Waals surface area contributed by atoms with Crippen LogP contribution in [0.1, 0.15) is 98.1 Å². The highest BCUT2D eigenvalue weighted by molar-refractivity contribution is 5.99. The molecule has 19 nitrogen and oxygen atoms in total. The molecule has 1 aliphatic rings. The Bertz CT molecular complexity index is 3220. The number of fused-ring (bicyclic) bond motifs is 2. The lowest BCUT2D eigenvalue weighted by molar-refractivity contribution is 0.198. The predicted octanol–water partition coefficient (Wildman–Crippen LogP) is 12.7. The molecule has 19 heteroatoms. The average Bonchev–Trinajstić information content (AvgIpc) is 4.28. The third kappa shape index (κ3) is 17.6. The number of nitrogens with zero attached hydrogens (tertiary/aromatic N) is 9. The van der Waals surface area contributed by atoms with Crippen LogP contribution in [0.25, 0.3) is 33.7 Å². The summed E-state index contributed by atoms with van der Waals surface area (Å²) in [5.41, 5.74) is 14.0. The molecule has 0 unspecified atom stereocenters. The van der Waals surface area contributed by atoms with Gasteiger partial charge in [0.1, 0.15) is 41.0 Å². The topological polar surface area (TPSA) is 231 Å². The summed E-state index contributed by atoms with van der Waals surface area (Å²) >= 11 is 0. The van der Waals surface area contributed by atoms with Crippen LogP contribution in [0.15, 0.2) is 137 Å². The van der Waals surface area contributed by atoms with Gasteiger partial charge in [0.25, 0.3) is 0 Å². The number of rotatable bonds is 9.